The van der Waals surface area contributed by atoms with Gasteiger partial charge in [0.2, 0.25) is 0 Å². The molecule has 5 aromatic rings. The molecular formula is C46H56FeNOP2-. The van der Waals surface area contributed by atoms with E-state index in [1.165, 1.54) is 58.6 Å². The van der Waals surface area contributed by atoms with E-state index >= 15 is 0 Å². The summed E-state index contributed by atoms with van der Waals surface area (Å²) in [5, 5.41) is 19.5. The SMILES string of the molecule is C1CCCC1.C[C@H](C1CCC(P(c2ccccc2)c2ccccc2)C1C(O)c1ccccc1P(c1ccccc1)c1ccccc1)N(C)C.[CH3-].[Fe]. The summed E-state index contributed by atoms with van der Waals surface area (Å²) < 4.78 is 0. The zero-order valence-electron chi connectivity index (χ0n) is 30.8. The van der Waals surface area contributed by atoms with E-state index in [-0.39, 0.29) is 30.4 Å². The maximum Gasteiger partial charge on any atom is 0.0834 e. The van der Waals surface area contributed by atoms with Gasteiger partial charge in [0.25, 0.3) is 0 Å². The van der Waals surface area contributed by atoms with Crippen molar-refractivity contribution in [2.75, 3.05) is 14.1 Å². The van der Waals surface area contributed by atoms with Gasteiger partial charge in [-0.15, -0.1) is 0 Å². The maximum absolute atomic E-state index is 12.9. The Hall–Kier alpha value is -2.60. The molecular weight excluding hydrogens is 700 g/mol. The monoisotopic (exact) mass is 756 g/mol. The molecule has 0 amide bonds. The fourth-order valence-corrected chi connectivity index (χ4v) is 13.7. The molecule has 0 aliphatic heterocycles. The van der Waals surface area contributed by atoms with Crippen LogP contribution >= 0.6 is 15.8 Å². The third-order valence-corrected chi connectivity index (χ3v) is 16.2. The van der Waals surface area contributed by atoms with Gasteiger partial charge in [0, 0.05) is 29.0 Å². The number of aliphatic hydroxyl groups is 1. The van der Waals surface area contributed by atoms with Gasteiger partial charge in [0.15, 0.2) is 0 Å². The first-order chi connectivity index (χ1) is 24.0. The fraction of sp³-hybridized carbons (Fsp3) is 0.326. The van der Waals surface area contributed by atoms with Crippen LogP contribution in [-0.2, 0) is 17.1 Å². The molecule has 0 radical (unpaired) electrons. The van der Waals surface area contributed by atoms with Crippen molar-refractivity contribution in [2.45, 2.75) is 69.7 Å². The molecule has 2 fully saturated rings. The average molecular weight is 757 g/mol. The zero-order chi connectivity index (χ0) is 34.0. The minimum absolute atomic E-state index is 0. The second-order valence-corrected chi connectivity index (χ2v) is 18.5. The van der Waals surface area contributed by atoms with Gasteiger partial charge in [0.05, 0.1) is 6.10 Å². The third-order valence-electron chi connectivity index (χ3n) is 10.7. The van der Waals surface area contributed by atoms with Gasteiger partial charge in [0.1, 0.15) is 0 Å². The van der Waals surface area contributed by atoms with Crippen LogP contribution in [0.25, 0.3) is 0 Å². The zero-order valence-corrected chi connectivity index (χ0v) is 33.7. The van der Waals surface area contributed by atoms with Gasteiger partial charge in [-0.05, 0) is 93.4 Å². The molecule has 5 atom stereocenters. The second-order valence-electron chi connectivity index (χ2n) is 13.9. The minimum Gasteiger partial charge on any atom is -0.388 e. The molecule has 0 saturated heterocycles. The summed E-state index contributed by atoms with van der Waals surface area (Å²) in [6.07, 6.45) is 9.17. The Kier molecular flexibility index (Phi) is 16.6. The van der Waals surface area contributed by atoms with Crippen LogP contribution in [-0.4, -0.2) is 35.8 Å². The number of hydrogen-bond acceptors (Lipinski definition) is 2. The fourth-order valence-electron chi connectivity index (χ4n) is 8.05. The number of hydrogen-bond donors (Lipinski definition) is 1. The Morgan fingerprint density at radius 3 is 1.39 bits per heavy atom. The molecule has 51 heavy (non-hydrogen) atoms. The van der Waals surface area contributed by atoms with Gasteiger partial charge < -0.3 is 17.4 Å². The molecule has 2 aliphatic carbocycles. The topological polar surface area (TPSA) is 23.5 Å². The maximum atomic E-state index is 12.9. The molecule has 2 aliphatic rings. The summed E-state index contributed by atoms with van der Waals surface area (Å²) in [7, 11) is 2.87. The van der Waals surface area contributed by atoms with Crippen molar-refractivity contribution in [1.82, 2.24) is 4.90 Å². The van der Waals surface area contributed by atoms with Crippen LogP contribution in [0.5, 0.6) is 0 Å². The summed E-state index contributed by atoms with van der Waals surface area (Å²) in [6, 6.07) is 53.0. The normalized spacial score (nSPS) is 19.5. The summed E-state index contributed by atoms with van der Waals surface area (Å²) in [5.74, 6) is 0.513. The van der Waals surface area contributed by atoms with Crippen LogP contribution in [0, 0.1) is 19.3 Å². The summed E-state index contributed by atoms with van der Waals surface area (Å²) in [4.78, 5) is 2.35. The first kappa shape index (κ1) is 41.2. The quantitative estimate of drug-likeness (QED) is 0.0873. The number of nitrogens with zero attached hydrogens (tertiary/aromatic N) is 1. The Morgan fingerprint density at radius 1 is 0.569 bits per heavy atom. The van der Waals surface area contributed by atoms with Crippen molar-refractivity contribution in [1.29, 1.82) is 0 Å². The van der Waals surface area contributed by atoms with Crippen molar-refractivity contribution in [2.24, 2.45) is 11.8 Å². The molecule has 0 aromatic heterocycles. The molecule has 270 valence electrons. The van der Waals surface area contributed by atoms with E-state index in [1.807, 2.05) is 0 Å². The summed E-state index contributed by atoms with van der Waals surface area (Å²) in [6.45, 7) is 2.35. The van der Waals surface area contributed by atoms with E-state index in [2.05, 4.69) is 172 Å². The molecule has 5 aromatic carbocycles. The van der Waals surface area contributed by atoms with Gasteiger partial charge >= 0.3 is 0 Å². The predicted octanol–water partition coefficient (Wildman–Crippen LogP) is 9.35. The standard InChI is InChI=1S/C40H43NOP2.C5H10.CH3.Fe/c1-30(41(2)3)35-28-29-38(44(33-22-12-6-13-23-33)34-24-14-7-15-25-34)39(35)40(42)36-26-16-17-27-37(36)43(31-18-8-4-9-19-31)32-20-10-5-11-21-32;1-2-4-5-3-1;;/h4-27,30,35,38-40,42H,28-29H2,1-3H3;1-5H2;1H3;/q;;-1;/t30-,35?,38?,39?,40?;;;/m1.../s1. The van der Waals surface area contributed by atoms with Crippen LogP contribution in [0.2, 0.25) is 0 Å². The molecule has 5 heteroatoms. The van der Waals surface area contributed by atoms with Crippen molar-refractivity contribution in [3.63, 3.8) is 0 Å². The van der Waals surface area contributed by atoms with E-state index < -0.39 is 21.9 Å². The van der Waals surface area contributed by atoms with Crippen molar-refractivity contribution >= 4 is 42.4 Å². The Balaban J connectivity index is 0.000000768. The summed E-state index contributed by atoms with van der Waals surface area (Å²) in [5.41, 5.74) is 1.46. The van der Waals surface area contributed by atoms with Crippen molar-refractivity contribution < 1.29 is 22.2 Å². The molecule has 2 saturated carbocycles. The summed E-state index contributed by atoms with van der Waals surface area (Å²) >= 11 is 0. The first-order valence-corrected chi connectivity index (χ1v) is 21.0. The van der Waals surface area contributed by atoms with Gasteiger partial charge in [-0.1, -0.05) is 178 Å². The Bertz CT molecular complexity index is 1600. The smallest absolute Gasteiger partial charge is 0.0834 e. The molecule has 0 spiro atoms. The van der Waals surface area contributed by atoms with E-state index in [9.17, 15) is 5.11 Å². The first-order valence-electron chi connectivity index (χ1n) is 18.3. The van der Waals surface area contributed by atoms with Crippen LogP contribution in [0.15, 0.2) is 146 Å². The Morgan fingerprint density at radius 2 is 0.961 bits per heavy atom. The van der Waals surface area contributed by atoms with Gasteiger partial charge in [-0.2, -0.15) is 0 Å². The Labute approximate surface area is 322 Å². The van der Waals surface area contributed by atoms with Crippen LogP contribution in [0.3, 0.4) is 0 Å². The van der Waals surface area contributed by atoms with Crippen molar-refractivity contribution in [3.05, 3.63) is 159 Å². The molecule has 0 heterocycles. The average Bonchev–Trinajstić information content (AvgIpc) is 3.88. The largest absolute Gasteiger partial charge is 0.388 e. The van der Waals surface area contributed by atoms with Gasteiger partial charge in [-0.25, -0.2) is 0 Å². The van der Waals surface area contributed by atoms with E-state index in [0.29, 0.717) is 17.6 Å². The third kappa shape index (κ3) is 10.1. The second kappa shape index (κ2) is 20.6. The van der Waals surface area contributed by atoms with Crippen LogP contribution < -0.4 is 26.5 Å². The molecule has 1 N–H and O–H groups in total. The number of aliphatic hydroxyl groups excluding tert-OH is 1. The van der Waals surface area contributed by atoms with Crippen molar-refractivity contribution in [3.8, 4) is 0 Å². The van der Waals surface area contributed by atoms with E-state index in [0.717, 1.165) is 18.4 Å². The number of rotatable bonds is 10. The minimum atomic E-state index is -0.838. The molecule has 4 unspecified atom stereocenters. The van der Waals surface area contributed by atoms with Gasteiger partial charge in [-0.3, -0.25) is 0 Å². The molecule has 2 nitrogen and oxygen atoms in total. The van der Waals surface area contributed by atoms with Crippen LogP contribution in [0.4, 0.5) is 0 Å². The number of benzene rings is 5. The van der Waals surface area contributed by atoms with E-state index in [4.69, 9.17) is 0 Å². The predicted molar refractivity (Wildman–Crippen MR) is 222 cm³/mol. The molecule has 7 rings (SSSR count). The van der Waals surface area contributed by atoms with Crippen LogP contribution in [0.1, 0.15) is 63.5 Å². The molecule has 0 bridgehead atoms. The van der Waals surface area contributed by atoms with E-state index in [1.54, 1.807) is 0 Å².